The molecule has 0 aliphatic rings. The van der Waals surface area contributed by atoms with Gasteiger partial charge in [0.2, 0.25) is 0 Å². The van der Waals surface area contributed by atoms with Crippen LogP contribution >= 0.6 is 15.9 Å². The lowest BCUT2D eigenvalue weighted by Gasteiger charge is -2.13. The summed E-state index contributed by atoms with van der Waals surface area (Å²) in [7, 11) is 0. The predicted molar refractivity (Wildman–Crippen MR) is 76.4 cm³/mol. The Morgan fingerprint density at radius 3 is 3.00 bits per heavy atom. The van der Waals surface area contributed by atoms with E-state index in [0.717, 1.165) is 36.2 Å². The van der Waals surface area contributed by atoms with Gasteiger partial charge < -0.3 is 10.1 Å². The summed E-state index contributed by atoms with van der Waals surface area (Å²) in [5.74, 6) is 0.943. The molecule has 2 nitrogen and oxygen atoms in total. The molecule has 1 rings (SSSR count). The molecule has 0 bridgehead atoms. The van der Waals surface area contributed by atoms with E-state index in [0.29, 0.717) is 6.61 Å². The van der Waals surface area contributed by atoms with Crippen LogP contribution in [0.15, 0.2) is 35.3 Å². The first-order valence-corrected chi connectivity index (χ1v) is 6.80. The van der Waals surface area contributed by atoms with Gasteiger partial charge in [-0.15, -0.1) is 6.58 Å². The summed E-state index contributed by atoms with van der Waals surface area (Å²) in [5, 5.41) is 3.39. The van der Waals surface area contributed by atoms with Gasteiger partial charge in [-0.2, -0.15) is 0 Å². The van der Waals surface area contributed by atoms with Crippen molar-refractivity contribution >= 4 is 15.9 Å². The number of hydrogen-bond donors (Lipinski definition) is 1. The molecule has 0 aliphatic heterocycles. The highest BCUT2D eigenvalue weighted by Gasteiger charge is 2.07. The van der Waals surface area contributed by atoms with Gasteiger partial charge in [0.1, 0.15) is 5.75 Å². The molecule has 1 N–H and O–H groups in total. The van der Waals surface area contributed by atoms with Gasteiger partial charge in [-0.05, 0) is 41.4 Å². The van der Waals surface area contributed by atoms with Crippen molar-refractivity contribution in [3.8, 4) is 5.75 Å². The summed E-state index contributed by atoms with van der Waals surface area (Å²) in [6, 6.07) is 6.14. The molecule has 1 aromatic carbocycles. The van der Waals surface area contributed by atoms with Gasteiger partial charge in [-0.3, -0.25) is 0 Å². The first-order chi connectivity index (χ1) is 8.29. The molecule has 0 radical (unpaired) electrons. The molecule has 0 fully saturated rings. The third kappa shape index (κ3) is 4.92. The number of para-hydroxylation sites is 1. The van der Waals surface area contributed by atoms with Gasteiger partial charge in [0.05, 0.1) is 11.1 Å². The molecule has 0 spiro atoms. The molecular formula is C14H20BrNO. The zero-order valence-electron chi connectivity index (χ0n) is 10.3. The van der Waals surface area contributed by atoms with Crippen LogP contribution in [0, 0.1) is 0 Å². The van der Waals surface area contributed by atoms with Crippen LogP contribution in [0.25, 0.3) is 0 Å². The topological polar surface area (TPSA) is 21.3 Å². The molecular weight excluding hydrogens is 278 g/mol. The van der Waals surface area contributed by atoms with E-state index < -0.39 is 0 Å². The third-order valence-electron chi connectivity index (χ3n) is 2.36. The van der Waals surface area contributed by atoms with E-state index in [1.165, 1.54) is 5.56 Å². The van der Waals surface area contributed by atoms with Gasteiger partial charge >= 0.3 is 0 Å². The van der Waals surface area contributed by atoms with E-state index in [1.807, 2.05) is 18.2 Å². The van der Waals surface area contributed by atoms with E-state index in [2.05, 4.69) is 40.8 Å². The second kappa shape index (κ2) is 8.31. The molecule has 94 valence electrons. The van der Waals surface area contributed by atoms with Gasteiger partial charge in [-0.25, -0.2) is 0 Å². The molecule has 0 heterocycles. The van der Waals surface area contributed by atoms with E-state index in [4.69, 9.17) is 4.74 Å². The Bertz CT molecular complexity index is 352. The van der Waals surface area contributed by atoms with Crippen molar-refractivity contribution in [1.29, 1.82) is 0 Å². The minimum Gasteiger partial charge on any atom is -0.492 e. The number of halogens is 1. The molecule has 0 aliphatic carbocycles. The molecule has 0 unspecified atom stereocenters. The highest BCUT2D eigenvalue weighted by atomic mass is 79.9. The molecule has 0 atom stereocenters. The summed E-state index contributed by atoms with van der Waals surface area (Å²) >= 11 is 3.53. The molecule has 3 heteroatoms. The standard InChI is InChI=1S/C14H20BrNO/c1-3-5-10-17-14-12(11-16-9-4-2)7-6-8-13(14)15/h3,6-8,16H,1,4-5,9-11H2,2H3. The van der Waals surface area contributed by atoms with E-state index in [9.17, 15) is 0 Å². The van der Waals surface area contributed by atoms with Crippen molar-refractivity contribution in [3.05, 3.63) is 40.9 Å². The van der Waals surface area contributed by atoms with Crippen molar-refractivity contribution in [2.24, 2.45) is 0 Å². The molecule has 0 amide bonds. The lowest BCUT2D eigenvalue weighted by molar-refractivity contribution is 0.318. The van der Waals surface area contributed by atoms with Crippen LogP contribution in [0.5, 0.6) is 5.75 Å². The number of nitrogens with one attached hydrogen (secondary N) is 1. The number of hydrogen-bond acceptors (Lipinski definition) is 2. The Balaban J connectivity index is 2.66. The molecule has 0 saturated carbocycles. The highest BCUT2D eigenvalue weighted by Crippen LogP contribution is 2.29. The lowest BCUT2D eigenvalue weighted by atomic mass is 10.2. The first-order valence-electron chi connectivity index (χ1n) is 6.01. The minimum absolute atomic E-state index is 0.674. The van der Waals surface area contributed by atoms with Crippen LogP contribution in [-0.4, -0.2) is 13.2 Å². The molecule has 17 heavy (non-hydrogen) atoms. The fourth-order valence-electron chi connectivity index (χ4n) is 1.50. The largest absolute Gasteiger partial charge is 0.492 e. The van der Waals surface area contributed by atoms with Crippen molar-refractivity contribution in [2.45, 2.75) is 26.3 Å². The smallest absolute Gasteiger partial charge is 0.137 e. The van der Waals surface area contributed by atoms with Gasteiger partial charge in [0.25, 0.3) is 0 Å². The molecule has 0 saturated heterocycles. The summed E-state index contributed by atoms with van der Waals surface area (Å²) in [4.78, 5) is 0. The Hall–Kier alpha value is -0.800. The molecule has 0 aromatic heterocycles. The Morgan fingerprint density at radius 2 is 2.29 bits per heavy atom. The van der Waals surface area contributed by atoms with Gasteiger partial charge in [0, 0.05) is 12.1 Å². The van der Waals surface area contributed by atoms with E-state index >= 15 is 0 Å². The summed E-state index contributed by atoms with van der Waals surface area (Å²) in [6.07, 6.45) is 3.87. The maximum absolute atomic E-state index is 5.78. The second-order valence-corrected chi connectivity index (χ2v) is 4.69. The SMILES string of the molecule is C=CCCOc1c(Br)cccc1CNCCC. The van der Waals surface area contributed by atoms with Crippen molar-refractivity contribution < 1.29 is 4.74 Å². The van der Waals surface area contributed by atoms with Gasteiger partial charge in [-0.1, -0.05) is 25.1 Å². The lowest BCUT2D eigenvalue weighted by Crippen LogP contribution is -2.15. The van der Waals surface area contributed by atoms with Gasteiger partial charge in [0.15, 0.2) is 0 Å². The van der Waals surface area contributed by atoms with Crippen molar-refractivity contribution in [1.82, 2.24) is 5.32 Å². The quantitative estimate of drug-likeness (QED) is 0.580. The summed E-state index contributed by atoms with van der Waals surface area (Å²) in [6.45, 7) is 8.40. The van der Waals surface area contributed by atoms with Crippen LogP contribution < -0.4 is 10.1 Å². The Kier molecular flexibility index (Phi) is 6.97. The van der Waals surface area contributed by atoms with Crippen molar-refractivity contribution in [2.75, 3.05) is 13.2 Å². The van der Waals surface area contributed by atoms with Crippen LogP contribution in [0.4, 0.5) is 0 Å². The zero-order valence-corrected chi connectivity index (χ0v) is 11.9. The predicted octanol–water partition coefficient (Wildman–Crippen LogP) is 3.90. The van der Waals surface area contributed by atoms with Crippen molar-refractivity contribution in [3.63, 3.8) is 0 Å². The Morgan fingerprint density at radius 1 is 1.47 bits per heavy atom. The van der Waals surface area contributed by atoms with Crippen LogP contribution in [-0.2, 0) is 6.54 Å². The average molecular weight is 298 g/mol. The van der Waals surface area contributed by atoms with E-state index in [1.54, 1.807) is 0 Å². The van der Waals surface area contributed by atoms with Crippen LogP contribution in [0.3, 0.4) is 0 Å². The normalized spacial score (nSPS) is 10.2. The fraction of sp³-hybridized carbons (Fsp3) is 0.429. The summed E-state index contributed by atoms with van der Waals surface area (Å²) in [5.41, 5.74) is 1.19. The van der Waals surface area contributed by atoms with Crippen LogP contribution in [0.1, 0.15) is 25.3 Å². The number of benzene rings is 1. The average Bonchev–Trinajstić information content (AvgIpc) is 2.33. The van der Waals surface area contributed by atoms with E-state index in [-0.39, 0.29) is 0 Å². The third-order valence-corrected chi connectivity index (χ3v) is 2.98. The Labute approximate surface area is 112 Å². The summed E-state index contributed by atoms with van der Waals surface area (Å²) < 4.78 is 6.79. The first kappa shape index (κ1) is 14.3. The monoisotopic (exact) mass is 297 g/mol. The van der Waals surface area contributed by atoms with Crippen LogP contribution in [0.2, 0.25) is 0 Å². The maximum Gasteiger partial charge on any atom is 0.137 e. The maximum atomic E-state index is 5.78. The number of rotatable bonds is 8. The zero-order chi connectivity index (χ0) is 12.5. The molecule has 1 aromatic rings. The minimum atomic E-state index is 0.674. The second-order valence-electron chi connectivity index (χ2n) is 3.83. The fourth-order valence-corrected chi connectivity index (χ4v) is 2.02. The number of ether oxygens (including phenoxy) is 1. The highest BCUT2D eigenvalue weighted by molar-refractivity contribution is 9.10.